The number of oxime groups is 1. The average Bonchev–Trinajstić information content (AvgIpc) is 2.30. The molecular weight excluding hydrogens is 228 g/mol. The van der Waals surface area contributed by atoms with Crippen LogP contribution in [0.2, 0.25) is 5.02 Å². The Morgan fingerprint density at radius 2 is 2.31 bits per heavy atom. The number of ether oxygens (including phenoxy) is 1. The highest BCUT2D eigenvalue weighted by Gasteiger charge is 2.09. The minimum atomic E-state index is -0.00556. The Morgan fingerprint density at radius 1 is 1.56 bits per heavy atom. The summed E-state index contributed by atoms with van der Waals surface area (Å²) in [5, 5.41) is 12.1. The van der Waals surface area contributed by atoms with Gasteiger partial charge in [0.1, 0.15) is 5.75 Å². The van der Waals surface area contributed by atoms with Crippen LogP contribution in [0.1, 0.15) is 25.3 Å². The van der Waals surface area contributed by atoms with Crippen molar-refractivity contribution in [1.82, 2.24) is 0 Å². The molecule has 0 bridgehead atoms. The molecule has 0 spiro atoms. The topological polar surface area (TPSA) is 67.8 Å². The summed E-state index contributed by atoms with van der Waals surface area (Å²) in [5.74, 6) is 0.571. The molecule has 0 aromatic heterocycles. The molecule has 0 amide bonds. The van der Waals surface area contributed by atoms with Gasteiger partial charge in [-0.05, 0) is 24.6 Å². The molecule has 0 saturated heterocycles. The van der Waals surface area contributed by atoms with E-state index in [-0.39, 0.29) is 5.84 Å². The van der Waals surface area contributed by atoms with Gasteiger partial charge in [-0.25, -0.2) is 0 Å². The summed E-state index contributed by atoms with van der Waals surface area (Å²) in [6, 6.07) is 5.03. The smallest absolute Gasteiger partial charge is 0.173 e. The van der Waals surface area contributed by atoms with E-state index in [1.54, 1.807) is 18.2 Å². The summed E-state index contributed by atoms with van der Waals surface area (Å²) in [5.41, 5.74) is 6.04. The third kappa shape index (κ3) is 3.31. The van der Waals surface area contributed by atoms with Crippen LogP contribution in [-0.4, -0.2) is 17.6 Å². The first-order valence-electron chi connectivity index (χ1n) is 5.09. The fourth-order valence-corrected chi connectivity index (χ4v) is 1.38. The molecule has 3 N–H and O–H groups in total. The predicted octanol–water partition coefficient (Wildman–Crippen LogP) is 2.61. The predicted molar refractivity (Wildman–Crippen MR) is 64.4 cm³/mol. The Kier molecular flexibility index (Phi) is 4.92. The molecule has 0 atom stereocenters. The van der Waals surface area contributed by atoms with Gasteiger partial charge in [-0.3, -0.25) is 0 Å². The number of benzene rings is 1. The van der Waals surface area contributed by atoms with Gasteiger partial charge >= 0.3 is 0 Å². The Labute approximate surface area is 99.7 Å². The van der Waals surface area contributed by atoms with Crippen molar-refractivity contribution in [2.45, 2.75) is 19.8 Å². The van der Waals surface area contributed by atoms with E-state index in [1.807, 2.05) is 0 Å². The maximum absolute atomic E-state index is 8.64. The molecule has 0 aliphatic rings. The summed E-state index contributed by atoms with van der Waals surface area (Å²) in [6.07, 6.45) is 2.00. The molecule has 0 aliphatic carbocycles. The largest absolute Gasteiger partial charge is 0.493 e. The second-order valence-electron chi connectivity index (χ2n) is 3.33. The van der Waals surface area contributed by atoms with Crippen molar-refractivity contribution in [3.8, 4) is 5.75 Å². The summed E-state index contributed by atoms with van der Waals surface area (Å²) < 4.78 is 5.52. The fourth-order valence-electron chi connectivity index (χ4n) is 1.21. The van der Waals surface area contributed by atoms with Crippen LogP contribution in [0.15, 0.2) is 23.4 Å². The van der Waals surface area contributed by atoms with Gasteiger partial charge in [0.15, 0.2) is 5.84 Å². The number of halogens is 1. The first-order chi connectivity index (χ1) is 7.69. The summed E-state index contributed by atoms with van der Waals surface area (Å²) in [6.45, 7) is 2.68. The molecule has 16 heavy (non-hydrogen) atoms. The first-order valence-corrected chi connectivity index (χ1v) is 5.47. The number of hydrogen-bond acceptors (Lipinski definition) is 3. The Hall–Kier alpha value is -1.42. The van der Waals surface area contributed by atoms with Gasteiger partial charge in [0.2, 0.25) is 0 Å². The lowest BCUT2D eigenvalue weighted by Gasteiger charge is -2.10. The van der Waals surface area contributed by atoms with E-state index < -0.39 is 0 Å². The zero-order valence-corrected chi connectivity index (χ0v) is 9.87. The molecule has 4 nitrogen and oxygen atoms in total. The number of nitrogens with zero attached hydrogens (tertiary/aromatic N) is 1. The third-order valence-corrected chi connectivity index (χ3v) is 2.32. The van der Waals surface area contributed by atoms with Crippen molar-refractivity contribution >= 4 is 17.4 Å². The maximum atomic E-state index is 8.64. The second-order valence-corrected chi connectivity index (χ2v) is 3.76. The molecular formula is C11H15ClN2O2. The number of nitrogens with two attached hydrogens (primary N) is 1. The van der Waals surface area contributed by atoms with Gasteiger partial charge in [-0.1, -0.05) is 30.1 Å². The number of unbranched alkanes of at least 4 members (excludes halogenated alkanes) is 1. The van der Waals surface area contributed by atoms with Crippen molar-refractivity contribution in [2.75, 3.05) is 6.61 Å². The Bertz CT molecular complexity index is 380. The number of hydrogen-bond donors (Lipinski definition) is 2. The molecule has 0 saturated carbocycles. The van der Waals surface area contributed by atoms with Crippen molar-refractivity contribution in [2.24, 2.45) is 10.9 Å². The molecule has 1 rings (SSSR count). The minimum absolute atomic E-state index is 0.00556. The van der Waals surface area contributed by atoms with Crippen molar-refractivity contribution < 1.29 is 9.94 Å². The van der Waals surface area contributed by atoms with Crippen LogP contribution in [-0.2, 0) is 0 Å². The van der Waals surface area contributed by atoms with E-state index in [2.05, 4.69) is 12.1 Å². The number of rotatable bonds is 5. The van der Waals surface area contributed by atoms with Crippen LogP contribution in [0.4, 0.5) is 0 Å². The lowest BCUT2D eigenvalue weighted by atomic mass is 10.2. The van der Waals surface area contributed by atoms with Crippen LogP contribution in [0.5, 0.6) is 5.75 Å². The van der Waals surface area contributed by atoms with E-state index in [1.165, 1.54) is 0 Å². The van der Waals surface area contributed by atoms with Crippen molar-refractivity contribution in [3.05, 3.63) is 28.8 Å². The quantitative estimate of drug-likeness (QED) is 0.274. The van der Waals surface area contributed by atoms with Gasteiger partial charge in [0, 0.05) is 5.02 Å². The van der Waals surface area contributed by atoms with Crippen molar-refractivity contribution in [3.63, 3.8) is 0 Å². The van der Waals surface area contributed by atoms with Gasteiger partial charge < -0.3 is 15.7 Å². The molecule has 5 heteroatoms. The highest BCUT2D eigenvalue weighted by Crippen LogP contribution is 2.22. The second kappa shape index (κ2) is 6.23. The average molecular weight is 243 g/mol. The zero-order valence-electron chi connectivity index (χ0n) is 9.11. The lowest BCUT2D eigenvalue weighted by Crippen LogP contribution is -2.15. The Balaban J connectivity index is 2.89. The van der Waals surface area contributed by atoms with Gasteiger partial charge in [0.05, 0.1) is 12.2 Å². The highest BCUT2D eigenvalue weighted by atomic mass is 35.5. The van der Waals surface area contributed by atoms with Gasteiger partial charge in [-0.2, -0.15) is 0 Å². The van der Waals surface area contributed by atoms with Crippen molar-refractivity contribution in [1.29, 1.82) is 0 Å². The summed E-state index contributed by atoms with van der Waals surface area (Å²) >= 11 is 5.83. The minimum Gasteiger partial charge on any atom is -0.493 e. The normalized spacial score (nSPS) is 11.5. The van der Waals surface area contributed by atoms with E-state index in [9.17, 15) is 0 Å². The highest BCUT2D eigenvalue weighted by molar-refractivity contribution is 6.31. The molecule has 0 unspecified atom stereocenters. The molecule has 88 valence electrons. The van der Waals surface area contributed by atoms with Gasteiger partial charge in [-0.15, -0.1) is 0 Å². The fraction of sp³-hybridized carbons (Fsp3) is 0.364. The Morgan fingerprint density at radius 3 is 2.94 bits per heavy atom. The monoisotopic (exact) mass is 242 g/mol. The van der Waals surface area contributed by atoms with E-state index in [4.69, 9.17) is 27.3 Å². The van der Waals surface area contributed by atoms with Crippen LogP contribution in [0.3, 0.4) is 0 Å². The standard InChI is InChI=1S/C11H15ClN2O2/c1-2-3-6-16-10-5-4-8(12)7-9(10)11(13)14-15/h4-5,7,15H,2-3,6H2,1H3,(H2,13,14). The molecule has 0 heterocycles. The van der Waals surface area contributed by atoms with E-state index in [0.29, 0.717) is 22.9 Å². The van der Waals surface area contributed by atoms with Gasteiger partial charge in [0.25, 0.3) is 0 Å². The summed E-state index contributed by atoms with van der Waals surface area (Å²) in [4.78, 5) is 0. The third-order valence-electron chi connectivity index (χ3n) is 2.08. The van der Waals surface area contributed by atoms with Crippen LogP contribution < -0.4 is 10.5 Å². The maximum Gasteiger partial charge on any atom is 0.173 e. The van der Waals surface area contributed by atoms with Crippen LogP contribution in [0.25, 0.3) is 0 Å². The first kappa shape index (κ1) is 12.6. The molecule has 0 aliphatic heterocycles. The van der Waals surface area contributed by atoms with Crippen LogP contribution >= 0.6 is 11.6 Å². The molecule has 0 radical (unpaired) electrons. The molecule has 1 aromatic rings. The SMILES string of the molecule is CCCCOc1ccc(Cl)cc1/C(N)=N/O. The molecule has 0 fully saturated rings. The number of amidine groups is 1. The zero-order chi connectivity index (χ0) is 12.0. The van der Waals surface area contributed by atoms with Crippen LogP contribution in [0, 0.1) is 0 Å². The lowest BCUT2D eigenvalue weighted by molar-refractivity contribution is 0.306. The van der Waals surface area contributed by atoms with E-state index >= 15 is 0 Å². The summed E-state index contributed by atoms with van der Waals surface area (Å²) in [7, 11) is 0. The van der Waals surface area contributed by atoms with E-state index in [0.717, 1.165) is 12.8 Å². The molecule has 1 aromatic carbocycles.